The van der Waals surface area contributed by atoms with Crippen molar-refractivity contribution in [2.24, 2.45) is 0 Å². The van der Waals surface area contributed by atoms with E-state index in [0.717, 1.165) is 0 Å². The Balaban J connectivity index is 0.000000250. The molecule has 1 radical (unpaired) electrons. The van der Waals surface area contributed by atoms with Crippen molar-refractivity contribution in [1.82, 2.24) is 0 Å². The van der Waals surface area contributed by atoms with Gasteiger partial charge in [-0.05, 0) is 0 Å². The van der Waals surface area contributed by atoms with Crippen LogP contribution in [0.1, 0.15) is 0 Å². The summed E-state index contributed by atoms with van der Waals surface area (Å²) in [5, 5.41) is 0. The first-order valence-corrected chi connectivity index (χ1v) is 3.23. The molecular weight excluding hydrogens is 111 g/mol. The maximum Gasteiger partial charge on any atom is 0.152 e. The molecule has 0 aromatic carbocycles. The van der Waals surface area contributed by atoms with Crippen molar-refractivity contribution in [2.45, 2.75) is 0 Å². The van der Waals surface area contributed by atoms with E-state index in [4.69, 9.17) is 0 Å². The molecule has 0 N–H and O–H groups in total. The van der Waals surface area contributed by atoms with Gasteiger partial charge in [-0.2, -0.15) is 0 Å². The fraction of sp³-hybridized carbons (Fsp3) is 1.00. The second kappa shape index (κ2) is 1.82. The van der Waals surface area contributed by atoms with Crippen LogP contribution in [-0.4, -0.2) is 49.5 Å². The summed E-state index contributed by atoms with van der Waals surface area (Å²) >= 11 is 0. The molecule has 1 aliphatic rings. The van der Waals surface area contributed by atoms with Crippen molar-refractivity contribution in [3.8, 4) is 0 Å². The van der Waals surface area contributed by atoms with Gasteiger partial charge in [-0.25, -0.2) is 8.42 Å². The summed E-state index contributed by atoms with van der Waals surface area (Å²) in [6.07, 6.45) is 0. The van der Waals surface area contributed by atoms with Gasteiger partial charge in [-0.15, -0.1) is 0 Å². The van der Waals surface area contributed by atoms with Crippen molar-refractivity contribution < 1.29 is 8.42 Å². The summed E-state index contributed by atoms with van der Waals surface area (Å²) in [7, 11) is -2.42. The van der Waals surface area contributed by atoms with Gasteiger partial charge in [0, 0.05) is 29.6 Å². The summed E-state index contributed by atoms with van der Waals surface area (Å²) in [6, 6.07) is 0. The molecule has 0 amide bonds. The zero-order valence-corrected chi connectivity index (χ0v) is 6.46. The van der Waals surface area contributed by atoms with Crippen molar-refractivity contribution in [3.63, 3.8) is 0 Å². The minimum Gasteiger partial charge on any atom is -0.229 e. The minimum absolute atomic E-state index is 0. The van der Waals surface area contributed by atoms with Crippen LogP contribution in [0.2, 0.25) is 0 Å². The molecule has 0 spiro atoms. The number of hydrogen-bond acceptors (Lipinski definition) is 2. The molecular formula is C2H4NaO2S. The third kappa shape index (κ3) is 2.18. The molecule has 0 atom stereocenters. The maximum atomic E-state index is 9.74. The van der Waals surface area contributed by atoms with Crippen LogP contribution >= 0.6 is 0 Å². The van der Waals surface area contributed by atoms with E-state index in [1.807, 2.05) is 0 Å². The molecule has 0 bridgehead atoms. The molecule has 6 heavy (non-hydrogen) atoms. The summed E-state index contributed by atoms with van der Waals surface area (Å²) < 4.78 is 19.5. The number of hydrogen-bond donors (Lipinski definition) is 0. The molecule has 0 aliphatic carbocycles. The van der Waals surface area contributed by atoms with E-state index < -0.39 is 9.84 Å². The molecule has 1 fully saturated rings. The average Bonchev–Trinajstić information content (AvgIpc) is 1.76. The zero-order valence-electron chi connectivity index (χ0n) is 3.64. The van der Waals surface area contributed by atoms with Crippen molar-refractivity contribution in [3.05, 3.63) is 0 Å². The van der Waals surface area contributed by atoms with E-state index in [9.17, 15) is 8.42 Å². The Morgan fingerprint density at radius 1 is 1.17 bits per heavy atom. The molecule has 1 heterocycles. The second-order valence-electron chi connectivity index (χ2n) is 1.15. The Bertz CT molecular complexity index is 114. The largest absolute Gasteiger partial charge is 0.229 e. The summed E-state index contributed by atoms with van der Waals surface area (Å²) in [5.41, 5.74) is 0. The van der Waals surface area contributed by atoms with E-state index in [2.05, 4.69) is 0 Å². The average molecular weight is 115 g/mol. The third-order valence-corrected chi connectivity index (χ3v) is 1.61. The summed E-state index contributed by atoms with van der Waals surface area (Å²) in [4.78, 5) is 0. The molecule has 1 rings (SSSR count). The van der Waals surface area contributed by atoms with Crippen LogP contribution in [0.3, 0.4) is 0 Å². The predicted molar refractivity (Wildman–Crippen MR) is 24.4 cm³/mol. The fourth-order valence-corrected chi connectivity index (χ4v) is 0.612. The monoisotopic (exact) mass is 115 g/mol. The van der Waals surface area contributed by atoms with Crippen molar-refractivity contribution >= 4 is 39.4 Å². The first-order valence-electron chi connectivity index (χ1n) is 1.41. The van der Waals surface area contributed by atoms with Crippen LogP contribution in [0.25, 0.3) is 0 Å². The molecule has 0 aromatic rings. The van der Waals surface area contributed by atoms with E-state index in [0.29, 0.717) is 11.5 Å². The Morgan fingerprint density at radius 2 is 1.33 bits per heavy atom. The molecule has 0 unspecified atom stereocenters. The molecule has 4 heteroatoms. The van der Waals surface area contributed by atoms with Crippen molar-refractivity contribution in [1.29, 1.82) is 0 Å². The van der Waals surface area contributed by atoms with Crippen LogP contribution < -0.4 is 0 Å². The van der Waals surface area contributed by atoms with E-state index in [1.165, 1.54) is 0 Å². The Kier molecular flexibility index (Phi) is 2.11. The molecule has 1 aliphatic heterocycles. The SMILES string of the molecule is O=S1(=O)CC1.[Na]. The van der Waals surface area contributed by atoms with Crippen molar-refractivity contribution in [2.75, 3.05) is 11.5 Å². The van der Waals surface area contributed by atoms with Crippen LogP contribution in [-0.2, 0) is 9.84 Å². The molecule has 31 valence electrons. The first-order chi connectivity index (χ1) is 2.21. The Hall–Kier alpha value is 0.950. The van der Waals surface area contributed by atoms with E-state index >= 15 is 0 Å². The van der Waals surface area contributed by atoms with Gasteiger partial charge in [-0.1, -0.05) is 0 Å². The van der Waals surface area contributed by atoms with Gasteiger partial charge >= 0.3 is 0 Å². The van der Waals surface area contributed by atoms with Crippen LogP contribution in [0.4, 0.5) is 0 Å². The summed E-state index contributed by atoms with van der Waals surface area (Å²) in [6.45, 7) is 0. The Morgan fingerprint density at radius 3 is 1.33 bits per heavy atom. The normalized spacial score (nSPS) is 24.7. The minimum atomic E-state index is -2.42. The quantitative estimate of drug-likeness (QED) is 0.301. The molecule has 0 aromatic heterocycles. The van der Waals surface area contributed by atoms with Gasteiger partial charge in [0.2, 0.25) is 0 Å². The smallest absolute Gasteiger partial charge is 0.152 e. The number of rotatable bonds is 0. The third-order valence-electron chi connectivity index (χ3n) is 0.537. The topological polar surface area (TPSA) is 34.1 Å². The zero-order chi connectivity index (χ0) is 3.91. The molecule has 2 nitrogen and oxygen atoms in total. The van der Waals surface area contributed by atoms with Gasteiger partial charge in [0.25, 0.3) is 0 Å². The van der Waals surface area contributed by atoms with Crippen LogP contribution in [0, 0.1) is 0 Å². The molecule has 1 saturated heterocycles. The Labute approximate surface area is 59.1 Å². The van der Waals surface area contributed by atoms with Gasteiger partial charge in [0.1, 0.15) is 0 Å². The maximum absolute atomic E-state index is 9.74. The van der Waals surface area contributed by atoms with Crippen LogP contribution in [0.15, 0.2) is 0 Å². The van der Waals surface area contributed by atoms with Gasteiger partial charge in [0.05, 0.1) is 11.5 Å². The fourth-order valence-electron chi connectivity index (χ4n) is 0.0680. The van der Waals surface area contributed by atoms with E-state index in [1.54, 1.807) is 0 Å². The first kappa shape index (κ1) is 6.95. The summed E-state index contributed by atoms with van der Waals surface area (Å²) in [5.74, 6) is 0.847. The number of sulfone groups is 1. The molecule has 0 saturated carbocycles. The van der Waals surface area contributed by atoms with Gasteiger partial charge in [-0.3, -0.25) is 0 Å². The standard InChI is InChI=1S/C2H4O2S.Na/c3-5(4)1-2-5;/h1-2H2;. The van der Waals surface area contributed by atoms with Gasteiger partial charge < -0.3 is 0 Å². The van der Waals surface area contributed by atoms with Gasteiger partial charge in [0.15, 0.2) is 9.84 Å². The van der Waals surface area contributed by atoms with E-state index in [-0.39, 0.29) is 29.6 Å². The predicted octanol–water partition coefficient (Wildman–Crippen LogP) is -0.966. The second-order valence-corrected chi connectivity index (χ2v) is 3.46. The van der Waals surface area contributed by atoms with Crippen LogP contribution in [0.5, 0.6) is 0 Å².